The van der Waals surface area contributed by atoms with Gasteiger partial charge in [-0.15, -0.1) is 9.94 Å². The maximum atomic E-state index is 13.9. The molecular formula is C19H26F3N2OSi. The van der Waals surface area contributed by atoms with Crippen LogP contribution in [-0.2, 0) is 24.4 Å². The molecule has 0 amide bonds. The van der Waals surface area contributed by atoms with Crippen LogP contribution in [0.2, 0.25) is 13.1 Å². The minimum atomic E-state index is -4.54. The van der Waals surface area contributed by atoms with Crippen LogP contribution in [0.1, 0.15) is 55.8 Å². The summed E-state index contributed by atoms with van der Waals surface area (Å²) in [7, 11) is -1.40. The molecule has 1 aromatic carbocycles. The van der Waals surface area contributed by atoms with Crippen LogP contribution in [0.15, 0.2) is 24.3 Å². The zero-order valence-electron chi connectivity index (χ0n) is 16.2. The van der Waals surface area contributed by atoms with Gasteiger partial charge in [-0.1, -0.05) is 52.0 Å². The largest absolute Gasteiger partial charge is 0.455 e. The molecule has 1 radical (unpaired) electrons. The van der Waals surface area contributed by atoms with Crippen molar-refractivity contribution in [3.05, 3.63) is 52.3 Å². The van der Waals surface area contributed by atoms with E-state index < -0.39 is 26.3 Å². The van der Waals surface area contributed by atoms with Gasteiger partial charge in [0.15, 0.2) is 5.69 Å². The Labute approximate surface area is 154 Å². The summed E-state index contributed by atoms with van der Waals surface area (Å²) in [4.78, 5) is 0.713. The normalized spacial score (nSPS) is 12.7. The predicted octanol–water partition coefficient (Wildman–Crippen LogP) is 5.03. The third-order valence-electron chi connectivity index (χ3n) is 4.01. The highest BCUT2D eigenvalue weighted by Crippen LogP contribution is 2.38. The molecule has 0 atom stereocenters. The summed E-state index contributed by atoms with van der Waals surface area (Å²) < 4.78 is 47.0. The lowest BCUT2D eigenvalue weighted by Crippen LogP contribution is -2.29. The monoisotopic (exact) mass is 383 g/mol. The number of hydrogen-bond donors (Lipinski definition) is 0. The van der Waals surface area contributed by atoms with Crippen molar-refractivity contribution in [1.29, 1.82) is 0 Å². The van der Waals surface area contributed by atoms with Crippen molar-refractivity contribution in [3.8, 4) is 0 Å². The third kappa shape index (κ3) is 4.69. The smallest absolute Gasteiger partial charge is 0.436 e. The van der Waals surface area contributed by atoms with Crippen LogP contribution in [0.4, 0.5) is 13.2 Å². The number of halogens is 3. The molecule has 0 spiro atoms. The Hall–Kier alpha value is -1.76. The number of nitrogens with zero attached hydrogens (tertiary/aromatic N) is 2. The molecule has 0 bridgehead atoms. The lowest BCUT2D eigenvalue weighted by atomic mass is 9.86. The number of rotatable bonds is 5. The highest BCUT2D eigenvalue weighted by atomic mass is 28.3. The van der Waals surface area contributed by atoms with Gasteiger partial charge in [0.05, 0.1) is 5.69 Å². The number of hydrogen-bond acceptors (Lipinski definition) is 2. The number of benzene rings is 1. The summed E-state index contributed by atoms with van der Waals surface area (Å²) in [5.74, 6) is 0. The lowest BCUT2D eigenvalue weighted by molar-refractivity contribution is -0.150. The van der Waals surface area contributed by atoms with Gasteiger partial charge in [-0.25, -0.2) is 0 Å². The molecule has 0 unspecified atom stereocenters. The second kappa shape index (κ2) is 7.46. The molecule has 0 saturated heterocycles. The van der Waals surface area contributed by atoms with Gasteiger partial charge in [0, 0.05) is 17.4 Å². The van der Waals surface area contributed by atoms with Crippen molar-refractivity contribution in [2.24, 2.45) is 0 Å². The van der Waals surface area contributed by atoms with Crippen LogP contribution in [0.3, 0.4) is 0 Å². The molecule has 3 nitrogen and oxygen atoms in total. The van der Waals surface area contributed by atoms with Crippen molar-refractivity contribution in [2.45, 2.75) is 65.2 Å². The van der Waals surface area contributed by atoms with Gasteiger partial charge < -0.3 is 4.53 Å². The van der Waals surface area contributed by atoms with Gasteiger partial charge in [0.25, 0.3) is 0 Å². The molecule has 7 heteroatoms. The van der Waals surface area contributed by atoms with Gasteiger partial charge in [-0.05, 0) is 30.6 Å². The van der Waals surface area contributed by atoms with E-state index in [2.05, 4.69) is 5.10 Å². The van der Waals surface area contributed by atoms with Crippen LogP contribution in [0.5, 0.6) is 0 Å². The maximum absolute atomic E-state index is 13.9. The first-order valence-corrected chi connectivity index (χ1v) is 11.1. The topological polar surface area (TPSA) is 27.1 Å². The van der Waals surface area contributed by atoms with Gasteiger partial charge >= 0.3 is 15.2 Å². The van der Waals surface area contributed by atoms with Gasteiger partial charge in [0.1, 0.15) is 0 Å². The molecular weight excluding hydrogens is 357 g/mol. The third-order valence-corrected chi connectivity index (χ3v) is 4.55. The molecule has 0 fully saturated rings. The van der Waals surface area contributed by atoms with Crippen LogP contribution in [0, 0.1) is 0 Å². The summed E-state index contributed by atoms with van der Waals surface area (Å²) in [6.45, 7) is 11.2. The van der Waals surface area contributed by atoms with E-state index in [9.17, 15) is 13.2 Å². The summed E-state index contributed by atoms with van der Waals surface area (Å²) in [5, 5.41) is 4.22. The zero-order chi connectivity index (χ0) is 19.7. The Kier molecular flexibility index (Phi) is 5.90. The highest BCUT2D eigenvalue weighted by Gasteiger charge is 2.43. The first-order valence-electron chi connectivity index (χ1n) is 8.69. The zero-order valence-corrected chi connectivity index (χ0v) is 17.2. The first kappa shape index (κ1) is 20.5. The summed E-state index contributed by atoms with van der Waals surface area (Å²) in [6.07, 6.45) is -3.47. The fourth-order valence-corrected chi connectivity index (χ4v) is 3.29. The molecule has 1 aromatic heterocycles. The Bertz CT molecular complexity index is 744. The molecule has 0 aliphatic rings. The molecule has 2 rings (SSSR count). The van der Waals surface area contributed by atoms with E-state index in [1.165, 1.54) is 0 Å². The minimum absolute atomic E-state index is 0.171. The standard InChI is InChI=1S/C19H26F3N2OSi/c1-7-13-8-10-14(11-9-13)12-15-16(18(2,3)4)23-24(25-26(5)6)17(15)19(20,21)22/h8-11H,7,12H2,1-6H3. The summed E-state index contributed by atoms with van der Waals surface area (Å²) in [5.41, 5.74) is 1.28. The number of aryl methyl sites for hydroxylation is 1. The average Bonchev–Trinajstić information content (AvgIpc) is 2.85. The van der Waals surface area contributed by atoms with Gasteiger partial charge in [0.2, 0.25) is 0 Å². The average molecular weight is 384 g/mol. The molecule has 0 N–H and O–H groups in total. The van der Waals surface area contributed by atoms with Crippen molar-refractivity contribution in [3.63, 3.8) is 0 Å². The SMILES string of the molecule is CCc1ccc(Cc2c(C(C)(C)C)nn(O[Si](C)C)c2C(F)(F)F)cc1. The molecule has 2 aromatic rings. The Morgan fingerprint density at radius 2 is 1.58 bits per heavy atom. The number of alkyl halides is 3. The van der Waals surface area contributed by atoms with Crippen molar-refractivity contribution in [2.75, 3.05) is 0 Å². The van der Waals surface area contributed by atoms with Gasteiger partial charge in [-0.2, -0.15) is 13.2 Å². The van der Waals surface area contributed by atoms with E-state index in [-0.39, 0.29) is 12.0 Å². The Morgan fingerprint density at radius 1 is 1.04 bits per heavy atom. The highest BCUT2D eigenvalue weighted by molar-refractivity contribution is 6.48. The van der Waals surface area contributed by atoms with Crippen LogP contribution in [0.25, 0.3) is 0 Å². The molecule has 1 heterocycles. The maximum Gasteiger partial charge on any atom is 0.436 e. The second-order valence-electron chi connectivity index (χ2n) is 7.64. The predicted molar refractivity (Wildman–Crippen MR) is 98.6 cm³/mol. The Balaban J connectivity index is 2.60. The van der Waals surface area contributed by atoms with Crippen molar-refractivity contribution >= 4 is 9.04 Å². The molecule has 26 heavy (non-hydrogen) atoms. The molecule has 0 aliphatic heterocycles. The van der Waals surface area contributed by atoms with Crippen molar-refractivity contribution < 1.29 is 17.7 Å². The Morgan fingerprint density at radius 3 is 2.00 bits per heavy atom. The lowest BCUT2D eigenvalue weighted by Gasteiger charge is -2.18. The van der Waals surface area contributed by atoms with E-state index in [4.69, 9.17) is 4.53 Å². The van der Waals surface area contributed by atoms with E-state index in [1.54, 1.807) is 13.1 Å². The van der Waals surface area contributed by atoms with E-state index in [0.29, 0.717) is 10.5 Å². The minimum Gasteiger partial charge on any atom is -0.455 e. The number of aromatic nitrogens is 2. The van der Waals surface area contributed by atoms with E-state index >= 15 is 0 Å². The van der Waals surface area contributed by atoms with Crippen LogP contribution in [-0.4, -0.2) is 19.0 Å². The molecule has 143 valence electrons. The first-order chi connectivity index (χ1) is 11.9. The van der Waals surface area contributed by atoms with E-state index in [1.807, 2.05) is 52.0 Å². The molecule has 0 saturated carbocycles. The fourth-order valence-electron chi connectivity index (χ4n) is 2.81. The fraction of sp³-hybridized carbons (Fsp3) is 0.526. The van der Waals surface area contributed by atoms with Crippen molar-refractivity contribution in [1.82, 2.24) is 9.94 Å². The second-order valence-corrected chi connectivity index (χ2v) is 9.64. The van der Waals surface area contributed by atoms with E-state index in [0.717, 1.165) is 17.5 Å². The summed E-state index contributed by atoms with van der Waals surface area (Å²) in [6, 6.07) is 7.69. The van der Waals surface area contributed by atoms with Crippen LogP contribution >= 0.6 is 0 Å². The van der Waals surface area contributed by atoms with Gasteiger partial charge in [-0.3, -0.25) is 0 Å². The summed E-state index contributed by atoms with van der Waals surface area (Å²) >= 11 is 0. The molecule has 0 aliphatic carbocycles. The van der Waals surface area contributed by atoms with Crippen LogP contribution < -0.4 is 4.53 Å². The quantitative estimate of drug-likeness (QED) is 0.677.